The number of rotatable bonds is 4. The minimum absolute atomic E-state index is 0.0111. The molecule has 7 heteroatoms. The maximum Gasteiger partial charge on any atom is 0.256 e. The lowest BCUT2D eigenvalue weighted by Crippen LogP contribution is -2.36. The maximum absolute atomic E-state index is 12.3. The minimum Gasteiger partial charge on any atom is -0.327 e. The van der Waals surface area contributed by atoms with E-state index in [1.54, 1.807) is 0 Å². The number of H-pyrrole nitrogens is 1. The van der Waals surface area contributed by atoms with Gasteiger partial charge in [-0.05, 0) is 25.3 Å². The fraction of sp³-hybridized carbons (Fsp3) is 0.389. The summed E-state index contributed by atoms with van der Waals surface area (Å²) in [5.74, 6) is 1.05. The summed E-state index contributed by atoms with van der Waals surface area (Å²) >= 11 is 1.47. The first-order valence-corrected chi connectivity index (χ1v) is 9.74. The zero-order valence-electron chi connectivity index (χ0n) is 14.5. The molecule has 0 radical (unpaired) electrons. The predicted octanol–water partition coefficient (Wildman–Crippen LogP) is 2.42. The second-order valence-electron chi connectivity index (χ2n) is 6.22. The molecule has 0 saturated carbocycles. The van der Waals surface area contributed by atoms with Gasteiger partial charge in [0.1, 0.15) is 5.82 Å². The van der Waals surface area contributed by atoms with Crippen molar-refractivity contribution in [3.63, 3.8) is 0 Å². The van der Waals surface area contributed by atoms with Crippen LogP contribution in [0.1, 0.15) is 24.0 Å². The van der Waals surface area contributed by atoms with E-state index in [9.17, 15) is 4.79 Å². The van der Waals surface area contributed by atoms with Gasteiger partial charge in [-0.15, -0.1) is 0 Å². The Morgan fingerprint density at radius 2 is 2.12 bits per heavy atom. The topological polar surface area (TPSA) is 66.8 Å². The zero-order valence-corrected chi connectivity index (χ0v) is 15.3. The van der Waals surface area contributed by atoms with E-state index in [0.717, 1.165) is 48.7 Å². The van der Waals surface area contributed by atoms with E-state index >= 15 is 0 Å². The number of aryl methyl sites for hydroxylation is 1. The van der Waals surface area contributed by atoms with Crippen LogP contribution in [0.3, 0.4) is 0 Å². The summed E-state index contributed by atoms with van der Waals surface area (Å²) in [5.41, 5.74) is 3.92. The van der Waals surface area contributed by atoms with Crippen molar-refractivity contribution < 1.29 is 0 Å². The van der Waals surface area contributed by atoms with E-state index in [1.807, 2.05) is 18.4 Å². The average Bonchev–Trinajstić information content (AvgIpc) is 2.99. The number of nitrogens with zero attached hydrogens (tertiary/aromatic N) is 4. The van der Waals surface area contributed by atoms with Crippen LogP contribution in [0.25, 0.3) is 11.0 Å². The van der Waals surface area contributed by atoms with Crippen LogP contribution in [0.5, 0.6) is 0 Å². The number of aromatic amines is 1. The van der Waals surface area contributed by atoms with E-state index in [-0.39, 0.29) is 5.56 Å². The van der Waals surface area contributed by atoms with E-state index in [0.29, 0.717) is 11.7 Å². The largest absolute Gasteiger partial charge is 0.327 e. The van der Waals surface area contributed by atoms with Gasteiger partial charge >= 0.3 is 0 Å². The quantitative estimate of drug-likeness (QED) is 0.575. The molecule has 0 amide bonds. The van der Waals surface area contributed by atoms with E-state index < -0.39 is 0 Å². The van der Waals surface area contributed by atoms with E-state index in [2.05, 4.69) is 38.5 Å². The molecule has 0 bridgehead atoms. The molecule has 1 aliphatic heterocycles. The van der Waals surface area contributed by atoms with Crippen molar-refractivity contribution in [1.29, 1.82) is 0 Å². The first kappa shape index (κ1) is 16.4. The molecule has 6 nitrogen and oxygen atoms in total. The summed E-state index contributed by atoms with van der Waals surface area (Å²) in [6.45, 7) is 5.29. The summed E-state index contributed by atoms with van der Waals surface area (Å²) in [4.78, 5) is 26.9. The molecule has 4 rings (SSSR count). The Bertz CT molecular complexity index is 977. The van der Waals surface area contributed by atoms with Crippen molar-refractivity contribution in [2.75, 3.05) is 12.8 Å². The second-order valence-corrected chi connectivity index (χ2v) is 7.02. The average molecular weight is 355 g/mol. The van der Waals surface area contributed by atoms with Crippen LogP contribution in [-0.2, 0) is 26.1 Å². The number of fused-ring (bicyclic) bond motifs is 2. The molecule has 1 aliphatic rings. The van der Waals surface area contributed by atoms with Crippen LogP contribution in [0.4, 0.5) is 0 Å². The number of aromatic nitrogens is 4. The number of hydrogen-bond acceptors (Lipinski definition) is 5. The number of nitrogens with one attached hydrogen (secondary N) is 1. The molecule has 3 heterocycles. The molecule has 25 heavy (non-hydrogen) atoms. The van der Waals surface area contributed by atoms with Crippen molar-refractivity contribution in [2.24, 2.45) is 0 Å². The molecular formula is C18H21N5OS. The second kappa shape index (κ2) is 6.65. The van der Waals surface area contributed by atoms with Gasteiger partial charge < -0.3 is 9.55 Å². The van der Waals surface area contributed by atoms with E-state index in [1.165, 1.54) is 17.3 Å². The van der Waals surface area contributed by atoms with Crippen LogP contribution in [0.15, 0.2) is 34.2 Å². The Balaban J connectivity index is 1.62. The Kier molecular flexibility index (Phi) is 4.35. The highest BCUT2D eigenvalue weighted by atomic mass is 32.2. The lowest BCUT2D eigenvalue weighted by atomic mass is 10.1. The monoisotopic (exact) mass is 355 g/mol. The van der Waals surface area contributed by atoms with Gasteiger partial charge in [-0.2, -0.15) is 0 Å². The molecule has 0 aliphatic carbocycles. The number of hydrogen-bond donors (Lipinski definition) is 1. The van der Waals surface area contributed by atoms with Crippen molar-refractivity contribution in [2.45, 2.75) is 38.1 Å². The summed E-state index contributed by atoms with van der Waals surface area (Å²) in [6.07, 6.45) is 2.73. The lowest BCUT2D eigenvalue weighted by Gasteiger charge is -2.27. The molecule has 1 N–H and O–H groups in total. The first-order chi connectivity index (χ1) is 12.2. The molecular weight excluding hydrogens is 334 g/mol. The Hall–Kier alpha value is -2.12. The third-order valence-electron chi connectivity index (χ3n) is 4.73. The molecule has 0 atom stereocenters. The van der Waals surface area contributed by atoms with Crippen LogP contribution in [0.2, 0.25) is 0 Å². The molecule has 0 fully saturated rings. The number of para-hydroxylation sites is 2. The van der Waals surface area contributed by atoms with Gasteiger partial charge in [0, 0.05) is 26.1 Å². The number of benzene rings is 1. The Morgan fingerprint density at radius 1 is 1.28 bits per heavy atom. The SMILES string of the molecule is CCn1c(CN2CCc3nc(SC)[nH]c(=O)c3C2)nc2ccccc21. The van der Waals surface area contributed by atoms with Crippen LogP contribution in [-0.4, -0.2) is 37.2 Å². The van der Waals surface area contributed by atoms with Crippen LogP contribution >= 0.6 is 11.8 Å². The predicted molar refractivity (Wildman–Crippen MR) is 99.9 cm³/mol. The standard InChI is InChI=1S/C18H21N5OS/c1-3-23-15-7-5-4-6-14(15)19-16(23)11-22-9-8-13-12(10-22)17(24)21-18(20-13)25-2/h4-7H,3,8-11H2,1-2H3,(H,20,21,24). The number of thioether (sulfide) groups is 1. The maximum atomic E-state index is 12.3. The van der Waals surface area contributed by atoms with Crippen molar-refractivity contribution in [3.8, 4) is 0 Å². The Morgan fingerprint density at radius 3 is 2.92 bits per heavy atom. The summed E-state index contributed by atoms with van der Waals surface area (Å²) in [6, 6.07) is 8.23. The third kappa shape index (κ3) is 2.98. The van der Waals surface area contributed by atoms with Gasteiger partial charge in [-0.3, -0.25) is 9.69 Å². The van der Waals surface area contributed by atoms with Gasteiger partial charge in [0.15, 0.2) is 5.16 Å². The van der Waals surface area contributed by atoms with Crippen LogP contribution < -0.4 is 5.56 Å². The molecule has 2 aromatic heterocycles. The molecule has 3 aromatic rings. The molecule has 1 aromatic carbocycles. The fourth-order valence-corrected chi connectivity index (χ4v) is 3.88. The Labute approximate surface area is 150 Å². The normalized spacial score (nSPS) is 14.8. The molecule has 130 valence electrons. The summed E-state index contributed by atoms with van der Waals surface area (Å²) in [5, 5.41) is 0.699. The lowest BCUT2D eigenvalue weighted by molar-refractivity contribution is 0.232. The van der Waals surface area contributed by atoms with Gasteiger partial charge in [0.2, 0.25) is 0 Å². The fourth-order valence-electron chi connectivity index (χ4n) is 3.49. The number of imidazole rings is 1. The molecule has 0 saturated heterocycles. The molecule has 0 spiro atoms. The third-order valence-corrected chi connectivity index (χ3v) is 5.31. The van der Waals surface area contributed by atoms with Gasteiger partial charge in [0.25, 0.3) is 5.56 Å². The van der Waals surface area contributed by atoms with Gasteiger partial charge in [-0.25, -0.2) is 9.97 Å². The van der Waals surface area contributed by atoms with Gasteiger partial charge in [0.05, 0.1) is 28.8 Å². The van der Waals surface area contributed by atoms with Crippen LogP contribution in [0, 0.1) is 0 Å². The highest BCUT2D eigenvalue weighted by Crippen LogP contribution is 2.21. The van der Waals surface area contributed by atoms with E-state index in [4.69, 9.17) is 4.98 Å². The summed E-state index contributed by atoms with van der Waals surface area (Å²) < 4.78 is 2.25. The first-order valence-electron chi connectivity index (χ1n) is 8.52. The highest BCUT2D eigenvalue weighted by molar-refractivity contribution is 7.98. The highest BCUT2D eigenvalue weighted by Gasteiger charge is 2.22. The van der Waals surface area contributed by atoms with Crippen molar-refractivity contribution in [1.82, 2.24) is 24.4 Å². The summed E-state index contributed by atoms with van der Waals surface area (Å²) in [7, 11) is 0. The van der Waals surface area contributed by atoms with Gasteiger partial charge in [-0.1, -0.05) is 23.9 Å². The molecule has 0 unspecified atom stereocenters. The van der Waals surface area contributed by atoms with Crippen molar-refractivity contribution >= 4 is 22.8 Å². The zero-order chi connectivity index (χ0) is 17.4. The van der Waals surface area contributed by atoms with Crippen molar-refractivity contribution in [3.05, 3.63) is 51.7 Å². The minimum atomic E-state index is -0.0111. The smallest absolute Gasteiger partial charge is 0.256 e.